The quantitative estimate of drug-likeness (QED) is 0.639. The van der Waals surface area contributed by atoms with Gasteiger partial charge in [0, 0.05) is 16.2 Å². The molecular weight excluding hydrogens is 232 g/mol. The second kappa shape index (κ2) is 4.04. The topological polar surface area (TPSA) is 0 Å². The highest BCUT2D eigenvalue weighted by Gasteiger charge is 2.17. The van der Waals surface area contributed by atoms with Gasteiger partial charge in [-0.2, -0.15) is 0 Å². The molecule has 0 N–H and O–H groups in total. The van der Waals surface area contributed by atoms with Gasteiger partial charge < -0.3 is 0 Å². The highest BCUT2D eigenvalue weighted by molar-refractivity contribution is 7.98. The molecule has 2 aromatic rings. The summed E-state index contributed by atoms with van der Waals surface area (Å²) in [6, 6.07) is 16.8. The Balaban J connectivity index is 2.22. The molecule has 0 spiro atoms. The van der Waals surface area contributed by atoms with Crippen LogP contribution < -0.4 is 0 Å². The Morgan fingerprint density at radius 1 is 0.875 bits per heavy atom. The van der Waals surface area contributed by atoms with E-state index in [9.17, 15) is 0 Å². The lowest BCUT2D eigenvalue weighted by Gasteiger charge is -2.06. The zero-order valence-corrected chi connectivity index (χ0v) is 10.3. The van der Waals surface area contributed by atoms with Crippen LogP contribution in [0.3, 0.4) is 0 Å². The van der Waals surface area contributed by atoms with Gasteiger partial charge in [0.25, 0.3) is 0 Å². The highest BCUT2D eigenvalue weighted by atomic mass is 32.2. The third-order valence-electron chi connectivity index (χ3n) is 2.78. The fourth-order valence-corrected chi connectivity index (χ4v) is 3.45. The Bertz CT molecular complexity index is 509. The molecule has 3 rings (SSSR count). The first kappa shape index (κ1) is 10.1. The van der Waals surface area contributed by atoms with Gasteiger partial charge >= 0.3 is 0 Å². The zero-order valence-electron chi connectivity index (χ0n) is 8.64. The summed E-state index contributed by atoms with van der Waals surface area (Å²) in [6.45, 7) is 0. The first-order valence-electron chi connectivity index (χ1n) is 5.21. The summed E-state index contributed by atoms with van der Waals surface area (Å²) in [5.41, 5.74) is 3.76. The number of hydrogen-bond donors (Lipinski definition) is 0. The molecule has 0 nitrogen and oxygen atoms in total. The summed E-state index contributed by atoms with van der Waals surface area (Å²) in [4.78, 5) is 2.28. The van der Waals surface area contributed by atoms with Crippen molar-refractivity contribution in [2.75, 3.05) is 0 Å². The van der Waals surface area contributed by atoms with Crippen molar-refractivity contribution in [2.24, 2.45) is 0 Å². The summed E-state index contributed by atoms with van der Waals surface area (Å²) in [6.07, 6.45) is 0. The maximum absolute atomic E-state index is 5.59. The lowest BCUT2D eigenvalue weighted by atomic mass is 10.0. The summed E-state index contributed by atoms with van der Waals surface area (Å²) in [5.74, 6) is 1.01. The summed E-state index contributed by atoms with van der Waals surface area (Å²) < 4.78 is 0. The average Bonchev–Trinajstić information content (AvgIpc) is 2.49. The lowest BCUT2D eigenvalue weighted by Crippen LogP contribution is -2.01. The first-order chi connectivity index (χ1) is 7.86. The SMILES string of the molecule is S=C1c2ccccc2CSc2ccccc21. The minimum atomic E-state index is 0.983. The van der Waals surface area contributed by atoms with Crippen LogP contribution in [-0.2, 0) is 5.75 Å². The molecule has 0 radical (unpaired) electrons. The maximum atomic E-state index is 5.59. The van der Waals surface area contributed by atoms with E-state index in [0.29, 0.717) is 0 Å². The smallest absolute Gasteiger partial charge is 0.0536 e. The summed E-state index contributed by atoms with van der Waals surface area (Å²) in [5, 5.41) is 0. The number of rotatable bonds is 0. The van der Waals surface area contributed by atoms with Crippen molar-refractivity contribution in [3.8, 4) is 0 Å². The predicted octanol–water partition coefficient (Wildman–Crippen LogP) is 4.06. The van der Waals surface area contributed by atoms with Gasteiger partial charge in [-0.1, -0.05) is 54.7 Å². The molecule has 0 fully saturated rings. The van der Waals surface area contributed by atoms with E-state index in [0.717, 1.165) is 10.6 Å². The van der Waals surface area contributed by atoms with Gasteiger partial charge in [0.1, 0.15) is 0 Å². The minimum absolute atomic E-state index is 0.983. The molecule has 16 heavy (non-hydrogen) atoms. The van der Waals surface area contributed by atoms with Crippen molar-refractivity contribution in [1.29, 1.82) is 0 Å². The molecule has 0 atom stereocenters. The Hall–Kier alpha value is -1.12. The number of fused-ring (bicyclic) bond motifs is 2. The molecular formula is C14H10S2. The number of hydrogen-bond acceptors (Lipinski definition) is 2. The Morgan fingerprint density at radius 2 is 1.56 bits per heavy atom. The second-order valence-electron chi connectivity index (χ2n) is 3.77. The Kier molecular flexibility index (Phi) is 2.54. The summed E-state index contributed by atoms with van der Waals surface area (Å²) >= 11 is 7.46. The van der Waals surface area contributed by atoms with Gasteiger partial charge in [0.05, 0.1) is 4.86 Å². The first-order valence-corrected chi connectivity index (χ1v) is 6.60. The fraction of sp³-hybridized carbons (Fsp3) is 0.0714. The van der Waals surface area contributed by atoms with Gasteiger partial charge in [0.15, 0.2) is 0 Å². The third-order valence-corrected chi connectivity index (χ3v) is 4.34. The molecule has 0 aromatic heterocycles. The van der Waals surface area contributed by atoms with E-state index in [1.165, 1.54) is 21.6 Å². The summed E-state index contributed by atoms with van der Waals surface area (Å²) in [7, 11) is 0. The minimum Gasteiger partial charge on any atom is -0.121 e. The van der Waals surface area contributed by atoms with E-state index in [-0.39, 0.29) is 0 Å². The molecule has 1 aliphatic rings. The molecule has 0 saturated heterocycles. The van der Waals surface area contributed by atoms with E-state index >= 15 is 0 Å². The van der Waals surface area contributed by atoms with Gasteiger partial charge in [-0.3, -0.25) is 0 Å². The van der Waals surface area contributed by atoms with Gasteiger partial charge in [-0.15, -0.1) is 11.8 Å². The van der Waals surface area contributed by atoms with Crippen LogP contribution in [-0.4, -0.2) is 4.86 Å². The zero-order chi connectivity index (χ0) is 11.0. The number of thiocarbonyl (C=S) groups is 1. The predicted molar refractivity (Wildman–Crippen MR) is 73.2 cm³/mol. The molecule has 0 aliphatic carbocycles. The largest absolute Gasteiger partial charge is 0.121 e. The van der Waals surface area contributed by atoms with Crippen LogP contribution in [0.2, 0.25) is 0 Å². The van der Waals surface area contributed by atoms with Crippen LogP contribution in [0.1, 0.15) is 16.7 Å². The van der Waals surface area contributed by atoms with E-state index in [1.807, 2.05) is 11.8 Å². The third kappa shape index (κ3) is 1.58. The Labute approximate surface area is 105 Å². The van der Waals surface area contributed by atoms with Crippen LogP contribution in [0.25, 0.3) is 0 Å². The van der Waals surface area contributed by atoms with Crippen molar-refractivity contribution in [3.05, 3.63) is 65.2 Å². The Morgan fingerprint density at radius 3 is 2.44 bits per heavy atom. The monoisotopic (exact) mass is 242 g/mol. The van der Waals surface area contributed by atoms with Gasteiger partial charge in [-0.25, -0.2) is 0 Å². The van der Waals surface area contributed by atoms with Crippen molar-refractivity contribution < 1.29 is 0 Å². The van der Waals surface area contributed by atoms with Crippen LogP contribution in [0.5, 0.6) is 0 Å². The second-order valence-corrected chi connectivity index (χ2v) is 5.20. The molecule has 0 unspecified atom stereocenters. The van der Waals surface area contributed by atoms with Crippen LogP contribution >= 0.6 is 24.0 Å². The maximum Gasteiger partial charge on any atom is 0.0536 e. The van der Waals surface area contributed by atoms with Crippen molar-refractivity contribution >= 4 is 28.8 Å². The van der Waals surface area contributed by atoms with Crippen molar-refractivity contribution in [1.82, 2.24) is 0 Å². The molecule has 2 aromatic carbocycles. The normalized spacial score (nSPS) is 13.9. The number of thioether (sulfide) groups is 1. The molecule has 0 bridgehead atoms. The van der Waals surface area contributed by atoms with E-state index in [2.05, 4.69) is 48.5 Å². The van der Waals surface area contributed by atoms with Gasteiger partial charge in [-0.05, 0) is 17.2 Å². The molecule has 0 saturated carbocycles. The average molecular weight is 242 g/mol. The molecule has 1 heterocycles. The highest BCUT2D eigenvalue weighted by Crippen LogP contribution is 2.33. The molecule has 2 heteroatoms. The van der Waals surface area contributed by atoms with E-state index in [4.69, 9.17) is 12.2 Å². The fourth-order valence-electron chi connectivity index (χ4n) is 1.95. The molecule has 78 valence electrons. The van der Waals surface area contributed by atoms with Crippen LogP contribution in [0, 0.1) is 0 Å². The van der Waals surface area contributed by atoms with Crippen molar-refractivity contribution in [2.45, 2.75) is 10.6 Å². The number of benzene rings is 2. The lowest BCUT2D eigenvalue weighted by molar-refractivity contribution is 1.40. The van der Waals surface area contributed by atoms with Crippen molar-refractivity contribution in [3.63, 3.8) is 0 Å². The van der Waals surface area contributed by atoms with E-state index in [1.54, 1.807) is 0 Å². The van der Waals surface area contributed by atoms with Crippen LogP contribution in [0.4, 0.5) is 0 Å². The molecule has 0 amide bonds. The standard InChI is InChI=1S/C14H10S2/c15-14-11-6-2-1-5-10(11)9-16-13-8-4-3-7-12(13)14/h1-8H,9H2. The van der Waals surface area contributed by atoms with Crippen LogP contribution in [0.15, 0.2) is 53.4 Å². The molecule has 1 aliphatic heterocycles. The van der Waals surface area contributed by atoms with E-state index < -0.39 is 0 Å². The van der Waals surface area contributed by atoms with Gasteiger partial charge in [0.2, 0.25) is 0 Å².